The quantitative estimate of drug-likeness (QED) is 0.943. The number of anilines is 1. The molecule has 0 aliphatic carbocycles. The maximum absolute atomic E-state index is 12.8. The monoisotopic (exact) mass is 317 g/mol. The van der Waals surface area contributed by atoms with Gasteiger partial charge < -0.3 is 5.32 Å². The third-order valence-corrected chi connectivity index (χ3v) is 5.43. The van der Waals surface area contributed by atoms with Crippen LogP contribution in [0.1, 0.15) is 23.6 Å². The van der Waals surface area contributed by atoms with Crippen molar-refractivity contribution in [1.82, 2.24) is 0 Å². The fraction of sp³-hybridized carbons (Fsp3) is 0.235. The Hall–Kier alpha value is -2.14. The summed E-state index contributed by atoms with van der Waals surface area (Å²) in [6.07, 6.45) is 0. The van der Waals surface area contributed by atoms with Crippen molar-refractivity contribution in [2.45, 2.75) is 37.5 Å². The van der Waals surface area contributed by atoms with E-state index in [1.807, 2.05) is 19.1 Å². The fourth-order valence-electron chi connectivity index (χ4n) is 2.63. The van der Waals surface area contributed by atoms with Crippen LogP contribution in [0.25, 0.3) is 0 Å². The molecule has 116 valence electrons. The average molecular weight is 317 g/mol. The lowest BCUT2D eigenvalue weighted by Crippen LogP contribution is -2.08. The van der Waals surface area contributed by atoms with Crippen LogP contribution in [0.15, 0.2) is 46.2 Å². The molecular weight excluding hydrogens is 298 g/mol. The minimum atomic E-state index is -3.58. The Morgan fingerprint density at radius 3 is 1.91 bits per heavy atom. The predicted molar refractivity (Wildman–Crippen MR) is 86.9 cm³/mol. The number of benzene rings is 2. The first kappa shape index (κ1) is 16.2. The molecule has 0 saturated heterocycles. The lowest BCUT2D eigenvalue weighted by Gasteiger charge is -2.13. The van der Waals surface area contributed by atoms with E-state index in [-0.39, 0.29) is 10.8 Å². The van der Waals surface area contributed by atoms with Gasteiger partial charge in [-0.25, -0.2) is 8.42 Å². The molecule has 0 radical (unpaired) electrons. The average Bonchev–Trinajstić information content (AvgIpc) is 2.36. The molecular formula is C17H19NO3S. The molecule has 0 unspecified atom stereocenters. The van der Waals surface area contributed by atoms with E-state index in [0.717, 1.165) is 16.7 Å². The molecule has 22 heavy (non-hydrogen) atoms. The van der Waals surface area contributed by atoms with Crippen LogP contribution in [-0.4, -0.2) is 14.3 Å². The maximum Gasteiger partial charge on any atom is 0.221 e. The number of sulfone groups is 1. The van der Waals surface area contributed by atoms with Crippen molar-refractivity contribution >= 4 is 21.4 Å². The largest absolute Gasteiger partial charge is 0.326 e. The fourth-order valence-corrected chi connectivity index (χ4v) is 4.32. The normalized spacial score (nSPS) is 11.3. The van der Waals surface area contributed by atoms with Crippen molar-refractivity contribution in [2.24, 2.45) is 0 Å². The van der Waals surface area contributed by atoms with Crippen molar-refractivity contribution in [3.63, 3.8) is 0 Å². The Kier molecular flexibility index (Phi) is 4.37. The highest BCUT2D eigenvalue weighted by Crippen LogP contribution is 2.28. The van der Waals surface area contributed by atoms with E-state index in [9.17, 15) is 13.2 Å². The Labute approximate surface area is 131 Å². The topological polar surface area (TPSA) is 63.2 Å². The molecule has 0 spiro atoms. The highest BCUT2D eigenvalue weighted by Gasteiger charge is 2.22. The summed E-state index contributed by atoms with van der Waals surface area (Å²) in [6, 6.07) is 9.94. The second-order valence-electron chi connectivity index (χ2n) is 5.44. The van der Waals surface area contributed by atoms with E-state index < -0.39 is 9.84 Å². The minimum absolute atomic E-state index is 0.194. The molecule has 1 N–H and O–H groups in total. The molecule has 0 aliphatic rings. The summed E-state index contributed by atoms with van der Waals surface area (Å²) in [5.74, 6) is -0.194. The zero-order valence-corrected chi connectivity index (χ0v) is 13.9. The summed E-state index contributed by atoms with van der Waals surface area (Å²) in [7, 11) is -3.58. The van der Waals surface area contributed by atoms with Gasteiger partial charge in [0.25, 0.3) is 0 Å². The van der Waals surface area contributed by atoms with E-state index in [1.54, 1.807) is 26.0 Å². The van der Waals surface area contributed by atoms with E-state index >= 15 is 0 Å². The van der Waals surface area contributed by atoms with Gasteiger partial charge in [0.05, 0.1) is 9.79 Å². The van der Waals surface area contributed by atoms with Crippen molar-refractivity contribution in [3.05, 3.63) is 53.1 Å². The lowest BCUT2D eigenvalue weighted by molar-refractivity contribution is -0.114. The molecule has 2 aromatic carbocycles. The summed E-state index contributed by atoms with van der Waals surface area (Å²) < 4.78 is 25.7. The van der Waals surface area contributed by atoms with Gasteiger partial charge in [0.1, 0.15) is 0 Å². The number of hydrogen-bond donors (Lipinski definition) is 1. The van der Waals surface area contributed by atoms with Gasteiger partial charge in [-0.15, -0.1) is 0 Å². The van der Waals surface area contributed by atoms with Gasteiger partial charge in [0.2, 0.25) is 15.7 Å². The Balaban J connectivity index is 2.49. The summed E-state index contributed by atoms with van der Waals surface area (Å²) in [5.41, 5.74) is 3.09. The molecule has 2 rings (SSSR count). The first-order valence-electron chi connectivity index (χ1n) is 6.92. The van der Waals surface area contributed by atoms with Crippen LogP contribution in [-0.2, 0) is 14.6 Å². The summed E-state index contributed by atoms with van der Waals surface area (Å²) in [6.45, 7) is 6.96. The minimum Gasteiger partial charge on any atom is -0.326 e. The van der Waals surface area contributed by atoms with E-state index in [0.29, 0.717) is 10.6 Å². The molecule has 0 bridgehead atoms. The Morgan fingerprint density at radius 1 is 0.955 bits per heavy atom. The molecule has 0 aromatic heterocycles. The third kappa shape index (κ3) is 3.20. The van der Waals surface area contributed by atoms with Gasteiger partial charge in [-0.05, 0) is 56.2 Å². The van der Waals surface area contributed by atoms with Crippen LogP contribution in [0.3, 0.4) is 0 Å². The summed E-state index contributed by atoms with van der Waals surface area (Å²) in [5, 5.41) is 2.62. The lowest BCUT2D eigenvalue weighted by atomic mass is 10.1. The smallest absolute Gasteiger partial charge is 0.221 e. The number of aryl methyl sites for hydroxylation is 3. The number of hydrogen-bond acceptors (Lipinski definition) is 3. The van der Waals surface area contributed by atoms with Crippen LogP contribution >= 0.6 is 0 Å². The van der Waals surface area contributed by atoms with E-state index in [4.69, 9.17) is 0 Å². The van der Waals surface area contributed by atoms with Crippen LogP contribution in [0, 0.1) is 20.8 Å². The van der Waals surface area contributed by atoms with Crippen LogP contribution in [0.2, 0.25) is 0 Å². The molecule has 4 nitrogen and oxygen atoms in total. The molecule has 0 atom stereocenters. The van der Waals surface area contributed by atoms with Gasteiger partial charge in [-0.2, -0.15) is 0 Å². The SMILES string of the molecule is CC(=O)Nc1ccc(S(=O)(=O)c2c(C)cc(C)cc2C)cc1. The van der Waals surface area contributed by atoms with Crippen LogP contribution in [0.4, 0.5) is 5.69 Å². The van der Waals surface area contributed by atoms with Gasteiger partial charge in [0, 0.05) is 12.6 Å². The van der Waals surface area contributed by atoms with Crippen molar-refractivity contribution in [3.8, 4) is 0 Å². The zero-order chi connectivity index (χ0) is 16.5. The highest BCUT2D eigenvalue weighted by atomic mass is 32.2. The van der Waals surface area contributed by atoms with Crippen LogP contribution in [0.5, 0.6) is 0 Å². The number of amides is 1. The number of nitrogens with one attached hydrogen (secondary N) is 1. The maximum atomic E-state index is 12.8. The zero-order valence-electron chi connectivity index (χ0n) is 13.1. The van der Waals surface area contributed by atoms with Crippen molar-refractivity contribution in [2.75, 3.05) is 5.32 Å². The second kappa shape index (κ2) is 5.93. The molecule has 0 fully saturated rings. The molecule has 5 heteroatoms. The number of carbonyl (C=O) groups is 1. The first-order valence-corrected chi connectivity index (χ1v) is 8.40. The van der Waals surface area contributed by atoms with Crippen molar-refractivity contribution in [1.29, 1.82) is 0 Å². The van der Waals surface area contributed by atoms with Gasteiger partial charge in [-0.1, -0.05) is 17.7 Å². The first-order chi connectivity index (χ1) is 10.2. The Bertz CT molecular complexity index is 798. The third-order valence-electron chi connectivity index (χ3n) is 3.36. The number of carbonyl (C=O) groups excluding carboxylic acids is 1. The molecule has 0 heterocycles. The van der Waals surface area contributed by atoms with E-state index in [2.05, 4.69) is 5.32 Å². The highest BCUT2D eigenvalue weighted by molar-refractivity contribution is 7.91. The molecule has 0 saturated carbocycles. The molecule has 1 amide bonds. The standard InChI is InChI=1S/C17H19NO3S/c1-11-9-12(2)17(13(3)10-11)22(20,21)16-7-5-15(6-8-16)18-14(4)19/h5-10H,1-4H3,(H,18,19). The predicted octanol–water partition coefficient (Wildman–Crippen LogP) is 3.40. The van der Waals surface area contributed by atoms with Crippen LogP contribution < -0.4 is 5.32 Å². The van der Waals surface area contributed by atoms with Crippen molar-refractivity contribution < 1.29 is 13.2 Å². The molecule has 0 aliphatic heterocycles. The Morgan fingerprint density at radius 2 is 1.45 bits per heavy atom. The van der Waals surface area contributed by atoms with Gasteiger partial charge in [-0.3, -0.25) is 4.79 Å². The number of rotatable bonds is 3. The van der Waals surface area contributed by atoms with Gasteiger partial charge in [0.15, 0.2) is 0 Å². The van der Waals surface area contributed by atoms with Gasteiger partial charge >= 0.3 is 0 Å². The second-order valence-corrected chi connectivity index (χ2v) is 7.32. The summed E-state index contributed by atoms with van der Waals surface area (Å²) in [4.78, 5) is 11.6. The molecule has 2 aromatic rings. The summed E-state index contributed by atoms with van der Waals surface area (Å²) >= 11 is 0. The van der Waals surface area contributed by atoms with E-state index in [1.165, 1.54) is 19.1 Å².